The minimum absolute atomic E-state index is 0.0574. The van der Waals surface area contributed by atoms with Gasteiger partial charge in [-0.05, 0) is 36.8 Å². The molecule has 0 aliphatic rings. The average molecular weight is 362 g/mol. The average Bonchev–Trinajstić information content (AvgIpc) is 2.61. The Bertz CT molecular complexity index is 813. The summed E-state index contributed by atoms with van der Waals surface area (Å²) in [5.74, 6) is -1.32. The molecule has 0 radical (unpaired) electrons. The van der Waals surface area contributed by atoms with E-state index in [1.165, 1.54) is 38.5 Å². The second-order valence-corrected chi connectivity index (χ2v) is 5.40. The first kappa shape index (κ1) is 19.0. The second kappa shape index (κ2) is 8.19. The van der Waals surface area contributed by atoms with Crippen molar-refractivity contribution < 1.29 is 28.2 Å². The van der Waals surface area contributed by atoms with Crippen molar-refractivity contribution in [3.63, 3.8) is 0 Å². The summed E-state index contributed by atoms with van der Waals surface area (Å²) in [6.45, 7) is 1.40. The molecule has 138 valence electrons. The maximum absolute atomic E-state index is 13.8. The fourth-order valence-electron chi connectivity index (χ4n) is 2.23. The van der Waals surface area contributed by atoms with Crippen LogP contribution in [0.5, 0.6) is 17.2 Å². The Morgan fingerprint density at radius 1 is 1.12 bits per heavy atom. The zero-order chi connectivity index (χ0) is 19.3. The first-order valence-corrected chi connectivity index (χ1v) is 7.60. The molecule has 2 amide bonds. The van der Waals surface area contributed by atoms with E-state index in [2.05, 4.69) is 5.32 Å². The summed E-state index contributed by atoms with van der Waals surface area (Å²) in [5, 5.41) is 2.50. The number of methoxy groups -OCH3 is 2. The summed E-state index contributed by atoms with van der Waals surface area (Å²) in [6.07, 6.45) is 0. The number of benzene rings is 2. The summed E-state index contributed by atoms with van der Waals surface area (Å²) in [7, 11) is 2.74. The quantitative estimate of drug-likeness (QED) is 0.787. The number of hydrogen-bond acceptors (Lipinski definition) is 5. The molecule has 7 nitrogen and oxygen atoms in total. The predicted octanol–water partition coefficient (Wildman–Crippen LogP) is 2.27. The number of carbonyl (C=O) groups excluding carboxylic acids is 2. The van der Waals surface area contributed by atoms with Crippen LogP contribution >= 0.6 is 0 Å². The number of aryl methyl sites for hydroxylation is 1. The van der Waals surface area contributed by atoms with Crippen molar-refractivity contribution in [2.75, 3.05) is 26.1 Å². The van der Waals surface area contributed by atoms with Gasteiger partial charge in [-0.15, -0.1) is 0 Å². The molecule has 0 aromatic heterocycles. The van der Waals surface area contributed by atoms with E-state index in [1.54, 1.807) is 13.0 Å². The molecule has 0 fully saturated rings. The predicted molar refractivity (Wildman–Crippen MR) is 93.3 cm³/mol. The normalized spacial score (nSPS) is 10.2. The molecule has 0 atom stereocenters. The lowest BCUT2D eigenvalue weighted by Gasteiger charge is -2.15. The molecule has 0 saturated carbocycles. The maximum atomic E-state index is 13.8. The van der Waals surface area contributed by atoms with Crippen molar-refractivity contribution >= 4 is 17.5 Å². The van der Waals surface area contributed by atoms with Crippen LogP contribution in [0.25, 0.3) is 0 Å². The van der Waals surface area contributed by atoms with Crippen molar-refractivity contribution in [3.8, 4) is 17.2 Å². The molecular weight excluding hydrogens is 343 g/mol. The van der Waals surface area contributed by atoms with Gasteiger partial charge in [-0.3, -0.25) is 9.59 Å². The van der Waals surface area contributed by atoms with Crippen LogP contribution in [0.2, 0.25) is 0 Å². The van der Waals surface area contributed by atoms with Crippen LogP contribution in [0.15, 0.2) is 30.3 Å². The van der Waals surface area contributed by atoms with Gasteiger partial charge in [-0.2, -0.15) is 0 Å². The summed E-state index contributed by atoms with van der Waals surface area (Å²) in [6, 6.07) is 7.17. The van der Waals surface area contributed by atoms with E-state index in [1.807, 2.05) is 0 Å². The SMILES string of the molecule is COc1cc(C(=O)Nc2cc(C)ccc2F)cc(OC)c1OCC(N)=O. The lowest BCUT2D eigenvalue weighted by atomic mass is 10.1. The van der Waals surface area contributed by atoms with Gasteiger partial charge in [0.05, 0.1) is 19.9 Å². The topological polar surface area (TPSA) is 99.9 Å². The number of amides is 2. The standard InChI is InChI=1S/C18H19FN2O5/c1-10-4-5-12(19)13(6-10)21-18(23)11-7-14(24-2)17(15(8-11)25-3)26-9-16(20)22/h4-8H,9H2,1-3H3,(H2,20,22)(H,21,23). The fourth-order valence-corrected chi connectivity index (χ4v) is 2.23. The van der Waals surface area contributed by atoms with Gasteiger partial charge in [0.1, 0.15) is 5.82 Å². The van der Waals surface area contributed by atoms with Gasteiger partial charge < -0.3 is 25.3 Å². The first-order valence-electron chi connectivity index (χ1n) is 7.60. The Kier molecular flexibility index (Phi) is 6.00. The summed E-state index contributed by atoms with van der Waals surface area (Å²) < 4.78 is 29.5. The number of primary amides is 1. The molecule has 0 heterocycles. The summed E-state index contributed by atoms with van der Waals surface area (Å²) >= 11 is 0. The number of anilines is 1. The Balaban J connectivity index is 2.35. The van der Waals surface area contributed by atoms with Crippen molar-refractivity contribution in [2.24, 2.45) is 5.73 Å². The van der Waals surface area contributed by atoms with Crippen LogP contribution in [0.1, 0.15) is 15.9 Å². The highest BCUT2D eigenvalue weighted by molar-refractivity contribution is 6.05. The third kappa shape index (κ3) is 4.41. The molecule has 8 heteroatoms. The number of nitrogens with two attached hydrogens (primary N) is 1. The number of carbonyl (C=O) groups is 2. The van der Waals surface area contributed by atoms with Gasteiger partial charge in [0.25, 0.3) is 11.8 Å². The van der Waals surface area contributed by atoms with Crippen LogP contribution < -0.4 is 25.3 Å². The number of halogens is 1. The van der Waals surface area contributed by atoms with E-state index in [0.717, 1.165) is 5.56 Å². The molecule has 0 saturated heterocycles. The fraction of sp³-hybridized carbons (Fsp3) is 0.222. The van der Waals surface area contributed by atoms with Crippen LogP contribution in [-0.4, -0.2) is 32.6 Å². The van der Waals surface area contributed by atoms with Crippen LogP contribution in [0.4, 0.5) is 10.1 Å². The highest BCUT2D eigenvalue weighted by Crippen LogP contribution is 2.38. The van der Waals surface area contributed by atoms with E-state index < -0.39 is 17.6 Å². The van der Waals surface area contributed by atoms with E-state index in [0.29, 0.717) is 0 Å². The molecule has 2 aromatic carbocycles. The summed E-state index contributed by atoms with van der Waals surface area (Å²) in [4.78, 5) is 23.4. The molecule has 3 N–H and O–H groups in total. The Hall–Kier alpha value is -3.29. The molecule has 0 aliphatic heterocycles. The minimum Gasteiger partial charge on any atom is -0.493 e. The molecule has 0 aliphatic carbocycles. The Labute approximate surface area is 149 Å². The lowest BCUT2D eigenvalue weighted by Crippen LogP contribution is -2.20. The summed E-state index contributed by atoms with van der Waals surface area (Å²) in [5.41, 5.74) is 6.08. The third-order valence-corrected chi connectivity index (χ3v) is 3.45. The Morgan fingerprint density at radius 3 is 2.27 bits per heavy atom. The van der Waals surface area contributed by atoms with Crippen molar-refractivity contribution in [2.45, 2.75) is 6.92 Å². The zero-order valence-electron chi connectivity index (χ0n) is 14.6. The van der Waals surface area contributed by atoms with E-state index in [-0.39, 0.29) is 35.1 Å². The van der Waals surface area contributed by atoms with Crippen LogP contribution in [0.3, 0.4) is 0 Å². The van der Waals surface area contributed by atoms with E-state index in [4.69, 9.17) is 19.9 Å². The highest BCUT2D eigenvalue weighted by atomic mass is 19.1. The molecular formula is C18H19FN2O5. The molecule has 26 heavy (non-hydrogen) atoms. The van der Waals surface area contributed by atoms with Gasteiger partial charge in [-0.1, -0.05) is 6.07 Å². The van der Waals surface area contributed by atoms with Gasteiger partial charge in [0.2, 0.25) is 5.75 Å². The van der Waals surface area contributed by atoms with Crippen LogP contribution in [-0.2, 0) is 4.79 Å². The zero-order valence-corrected chi connectivity index (χ0v) is 14.6. The number of rotatable bonds is 7. The lowest BCUT2D eigenvalue weighted by molar-refractivity contribution is -0.120. The minimum atomic E-state index is -0.675. The van der Waals surface area contributed by atoms with Crippen LogP contribution in [0, 0.1) is 12.7 Å². The maximum Gasteiger partial charge on any atom is 0.256 e. The molecule has 0 unspecified atom stereocenters. The van der Waals surface area contributed by atoms with Gasteiger partial charge in [-0.25, -0.2) is 4.39 Å². The molecule has 0 spiro atoms. The van der Waals surface area contributed by atoms with Gasteiger partial charge >= 0.3 is 0 Å². The number of ether oxygens (including phenoxy) is 3. The molecule has 0 bridgehead atoms. The smallest absolute Gasteiger partial charge is 0.256 e. The molecule has 2 rings (SSSR count). The monoisotopic (exact) mass is 362 g/mol. The highest BCUT2D eigenvalue weighted by Gasteiger charge is 2.19. The first-order chi connectivity index (χ1) is 12.3. The van der Waals surface area contributed by atoms with E-state index >= 15 is 0 Å². The third-order valence-electron chi connectivity index (χ3n) is 3.45. The van der Waals surface area contributed by atoms with E-state index in [9.17, 15) is 14.0 Å². The number of hydrogen-bond donors (Lipinski definition) is 2. The molecule has 2 aromatic rings. The largest absolute Gasteiger partial charge is 0.493 e. The Morgan fingerprint density at radius 2 is 1.73 bits per heavy atom. The van der Waals surface area contributed by atoms with Crippen molar-refractivity contribution in [3.05, 3.63) is 47.3 Å². The van der Waals surface area contributed by atoms with Gasteiger partial charge in [0, 0.05) is 5.56 Å². The number of nitrogens with one attached hydrogen (secondary N) is 1. The van der Waals surface area contributed by atoms with Crippen molar-refractivity contribution in [1.82, 2.24) is 0 Å². The van der Waals surface area contributed by atoms with Gasteiger partial charge in [0.15, 0.2) is 18.1 Å². The van der Waals surface area contributed by atoms with Crippen molar-refractivity contribution in [1.29, 1.82) is 0 Å². The second-order valence-electron chi connectivity index (χ2n) is 5.40.